The molecule has 1 fully saturated rings. The van der Waals surface area contributed by atoms with E-state index in [0.717, 1.165) is 24.1 Å². The molecule has 3 rings (SSSR count). The monoisotopic (exact) mass is 310 g/mol. The van der Waals surface area contributed by atoms with Gasteiger partial charge < -0.3 is 4.90 Å². The predicted octanol–water partition coefficient (Wildman–Crippen LogP) is 2.32. The van der Waals surface area contributed by atoms with Crippen molar-refractivity contribution in [3.8, 4) is 0 Å². The molecule has 0 bridgehead atoms. The summed E-state index contributed by atoms with van der Waals surface area (Å²) in [7, 11) is 0. The zero-order valence-corrected chi connectivity index (χ0v) is 11.2. The van der Waals surface area contributed by atoms with Crippen molar-refractivity contribution in [2.75, 3.05) is 18.0 Å². The van der Waals surface area contributed by atoms with Crippen LogP contribution >= 0.6 is 15.9 Å². The Hall–Kier alpha value is -1.43. The number of hydrogen-bond acceptors (Lipinski definition) is 3. The Bertz CT molecular complexity index is 551. The van der Waals surface area contributed by atoms with Crippen molar-refractivity contribution < 1.29 is 4.39 Å². The minimum Gasteiger partial charge on any atom is -0.353 e. The van der Waals surface area contributed by atoms with Crippen LogP contribution in [0.1, 0.15) is 0 Å². The van der Waals surface area contributed by atoms with E-state index >= 15 is 0 Å². The summed E-state index contributed by atoms with van der Waals surface area (Å²) < 4.78 is 16.4. The quantitative estimate of drug-likeness (QED) is 0.872. The average molecular weight is 311 g/mol. The smallest absolute Gasteiger partial charge is 0.165 e. The molecule has 0 N–H and O–H groups in total. The molecule has 0 spiro atoms. The second kappa shape index (κ2) is 4.68. The van der Waals surface area contributed by atoms with E-state index in [0.29, 0.717) is 11.7 Å². The van der Waals surface area contributed by atoms with Gasteiger partial charge in [0.2, 0.25) is 0 Å². The highest BCUT2D eigenvalue weighted by Crippen LogP contribution is 2.25. The molecule has 3 heterocycles. The summed E-state index contributed by atoms with van der Waals surface area (Å²) in [6.45, 7) is 2.51. The average Bonchev–Trinajstić information content (AvgIpc) is 2.70. The molecule has 0 aromatic carbocycles. The van der Waals surface area contributed by atoms with Crippen LogP contribution in [-0.2, 0) is 6.54 Å². The highest BCUT2D eigenvalue weighted by molar-refractivity contribution is 9.10. The van der Waals surface area contributed by atoms with Crippen molar-refractivity contribution in [3.63, 3.8) is 0 Å². The minimum atomic E-state index is -0.252. The fourth-order valence-electron chi connectivity index (χ4n) is 2.17. The highest BCUT2D eigenvalue weighted by atomic mass is 79.9. The number of rotatable bonds is 3. The second-order valence-corrected chi connectivity index (χ2v) is 5.38. The van der Waals surface area contributed by atoms with Crippen LogP contribution in [0.4, 0.5) is 10.2 Å². The Morgan fingerprint density at radius 3 is 2.94 bits per heavy atom. The van der Waals surface area contributed by atoms with Crippen LogP contribution < -0.4 is 4.90 Å². The fourth-order valence-corrected chi connectivity index (χ4v) is 2.50. The zero-order chi connectivity index (χ0) is 12.5. The first kappa shape index (κ1) is 11.6. The first-order valence-corrected chi connectivity index (χ1v) is 6.55. The molecule has 4 nitrogen and oxygen atoms in total. The molecule has 2 aromatic rings. The molecule has 0 atom stereocenters. The van der Waals surface area contributed by atoms with Crippen molar-refractivity contribution in [1.82, 2.24) is 14.8 Å². The van der Waals surface area contributed by atoms with Crippen LogP contribution in [0.3, 0.4) is 0 Å². The van der Waals surface area contributed by atoms with Crippen LogP contribution in [0.2, 0.25) is 0 Å². The summed E-state index contributed by atoms with van der Waals surface area (Å²) in [6.07, 6.45) is 5.34. The minimum absolute atomic E-state index is 0.252. The predicted molar refractivity (Wildman–Crippen MR) is 69.8 cm³/mol. The lowest BCUT2D eigenvalue weighted by molar-refractivity contribution is 0.337. The molecule has 18 heavy (non-hydrogen) atoms. The van der Waals surface area contributed by atoms with Gasteiger partial charge in [-0.1, -0.05) is 0 Å². The van der Waals surface area contributed by atoms with Gasteiger partial charge in [-0.2, -0.15) is 5.10 Å². The van der Waals surface area contributed by atoms with Gasteiger partial charge in [-0.15, -0.1) is 0 Å². The summed E-state index contributed by atoms with van der Waals surface area (Å²) in [4.78, 5) is 6.02. The molecule has 0 unspecified atom stereocenters. The van der Waals surface area contributed by atoms with Gasteiger partial charge >= 0.3 is 0 Å². The topological polar surface area (TPSA) is 34.0 Å². The molecule has 1 aliphatic rings. The van der Waals surface area contributed by atoms with Crippen LogP contribution in [0.15, 0.2) is 35.2 Å². The third-order valence-corrected chi connectivity index (χ3v) is 3.45. The molecule has 1 aliphatic heterocycles. The largest absolute Gasteiger partial charge is 0.353 e. The van der Waals surface area contributed by atoms with Gasteiger partial charge in [-0.3, -0.25) is 4.68 Å². The van der Waals surface area contributed by atoms with Gasteiger partial charge in [0, 0.05) is 37.9 Å². The first-order valence-electron chi connectivity index (χ1n) is 5.76. The highest BCUT2D eigenvalue weighted by Gasteiger charge is 2.29. The molecule has 1 saturated heterocycles. The first-order chi connectivity index (χ1) is 8.72. The summed E-state index contributed by atoms with van der Waals surface area (Å²) >= 11 is 3.37. The summed E-state index contributed by atoms with van der Waals surface area (Å²) in [5, 5.41) is 4.21. The summed E-state index contributed by atoms with van der Waals surface area (Å²) in [6, 6.07) is 3.05. The third-order valence-electron chi connectivity index (χ3n) is 3.04. The van der Waals surface area contributed by atoms with Crippen LogP contribution in [0.25, 0.3) is 0 Å². The van der Waals surface area contributed by atoms with Crippen molar-refractivity contribution >= 4 is 21.7 Å². The standard InChI is InChI=1S/C12H12BrFN4/c13-10-4-16-18(8-10)7-9-5-17(6-9)12-11(14)2-1-3-15-12/h1-4,8-9H,5-7H2. The van der Waals surface area contributed by atoms with E-state index in [1.54, 1.807) is 18.5 Å². The van der Waals surface area contributed by atoms with E-state index in [2.05, 4.69) is 26.0 Å². The molecule has 94 valence electrons. The SMILES string of the molecule is Fc1cccnc1N1CC(Cn2cc(Br)cn2)C1. The Morgan fingerprint density at radius 2 is 2.28 bits per heavy atom. The fraction of sp³-hybridized carbons (Fsp3) is 0.333. The van der Waals surface area contributed by atoms with Crippen molar-refractivity contribution in [3.05, 3.63) is 41.0 Å². The van der Waals surface area contributed by atoms with Gasteiger partial charge in [0.1, 0.15) is 0 Å². The molecule has 0 aliphatic carbocycles. The molecule has 2 aromatic heterocycles. The number of aromatic nitrogens is 3. The normalized spacial score (nSPS) is 15.8. The lowest BCUT2D eigenvalue weighted by Gasteiger charge is -2.40. The van der Waals surface area contributed by atoms with E-state index in [9.17, 15) is 4.39 Å². The Morgan fingerprint density at radius 1 is 1.44 bits per heavy atom. The summed E-state index contributed by atoms with van der Waals surface area (Å²) in [5.74, 6) is 0.700. The number of anilines is 1. The Balaban J connectivity index is 1.59. The van der Waals surface area contributed by atoms with Gasteiger partial charge in [-0.05, 0) is 28.1 Å². The maximum atomic E-state index is 13.5. The molecular weight excluding hydrogens is 299 g/mol. The second-order valence-electron chi connectivity index (χ2n) is 4.46. The lowest BCUT2D eigenvalue weighted by Crippen LogP contribution is -2.49. The van der Waals surface area contributed by atoms with Crippen molar-refractivity contribution in [2.24, 2.45) is 5.92 Å². The van der Waals surface area contributed by atoms with Gasteiger partial charge in [0.25, 0.3) is 0 Å². The molecule has 0 amide bonds. The maximum absolute atomic E-state index is 13.5. The number of halogens is 2. The van der Waals surface area contributed by atoms with Gasteiger partial charge in [0.05, 0.1) is 10.7 Å². The van der Waals surface area contributed by atoms with E-state index < -0.39 is 0 Å². The van der Waals surface area contributed by atoms with Crippen LogP contribution in [0.5, 0.6) is 0 Å². The van der Waals surface area contributed by atoms with Crippen molar-refractivity contribution in [2.45, 2.75) is 6.54 Å². The number of hydrogen-bond donors (Lipinski definition) is 0. The maximum Gasteiger partial charge on any atom is 0.165 e. The molecule has 0 saturated carbocycles. The molecule has 0 radical (unpaired) electrons. The van der Waals surface area contributed by atoms with Crippen LogP contribution in [0, 0.1) is 11.7 Å². The van der Waals surface area contributed by atoms with E-state index in [1.165, 1.54) is 6.07 Å². The zero-order valence-electron chi connectivity index (χ0n) is 9.63. The van der Waals surface area contributed by atoms with E-state index in [1.807, 2.05) is 15.8 Å². The van der Waals surface area contributed by atoms with Crippen molar-refractivity contribution in [1.29, 1.82) is 0 Å². The molecule has 6 heteroatoms. The number of pyridine rings is 1. The third kappa shape index (κ3) is 2.25. The Labute approximate surface area is 113 Å². The summed E-state index contributed by atoms with van der Waals surface area (Å²) in [5.41, 5.74) is 0. The number of nitrogens with zero attached hydrogens (tertiary/aromatic N) is 4. The lowest BCUT2D eigenvalue weighted by atomic mass is 10.0. The van der Waals surface area contributed by atoms with Crippen LogP contribution in [-0.4, -0.2) is 27.9 Å². The van der Waals surface area contributed by atoms with E-state index in [4.69, 9.17) is 0 Å². The van der Waals surface area contributed by atoms with Gasteiger partial charge in [-0.25, -0.2) is 9.37 Å². The Kier molecular flexibility index (Phi) is 3.03. The molecular formula is C12H12BrFN4. The van der Waals surface area contributed by atoms with Gasteiger partial charge in [0.15, 0.2) is 11.6 Å². The van der Waals surface area contributed by atoms with E-state index in [-0.39, 0.29) is 5.82 Å².